The van der Waals surface area contributed by atoms with Gasteiger partial charge in [-0.3, -0.25) is 14.5 Å². The van der Waals surface area contributed by atoms with Gasteiger partial charge < -0.3 is 9.13 Å². The molecule has 0 unspecified atom stereocenters. The highest BCUT2D eigenvalue weighted by molar-refractivity contribution is 7.99. The molecule has 71 heavy (non-hydrogen) atoms. The van der Waals surface area contributed by atoms with Crippen molar-refractivity contribution < 1.29 is 0 Å². The van der Waals surface area contributed by atoms with E-state index in [2.05, 4.69) is 226 Å². The van der Waals surface area contributed by atoms with Crippen molar-refractivity contribution in [2.75, 3.05) is 0 Å². The Bertz CT molecular complexity index is 4420. The summed E-state index contributed by atoms with van der Waals surface area (Å²) >= 11 is 1.85. The van der Waals surface area contributed by atoms with Gasteiger partial charge >= 0.3 is 0 Å². The number of nitrogens with zero attached hydrogens (tertiary/aromatic N) is 6. The molecule has 6 aromatic heterocycles. The zero-order valence-electron chi connectivity index (χ0n) is 38.0. The van der Waals surface area contributed by atoms with Crippen molar-refractivity contribution in [2.45, 2.75) is 15.2 Å². The molecule has 8 aromatic carbocycles. The summed E-state index contributed by atoms with van der Waals surface area (Å²) in [7, 11) is 0. The Kier molecular flexibility index (Phi) is 7.94. The molecule has 6 nitrogen and oxygen atoms in total. The lowest BCUT2D eigenvalue weighted by Crippen LogP contribution is -2.32. The summed E-state index contributed by atoms with van der Waals surface area (Å²) in [5.74, 6) is 0.876. The Balaban J connectivity index is 0.872. The van der Waals surface area contributed by atoms with Crippen LogP contribution in [0.15, 0.2) is 241 Å². The van der Waals surface area contributed by atoms with E-state index in [1.165, 1.54) is 75.3 Å². The third kappa shape index (κ3) is 5.25. The van der Waals surface area contributed by atoms with Crippen LogP contribution in [-0.2, 0) is 5.41 Å². The molecule has 0 amide bonds. The normalized spacial score (nSPS) is 13.4. The molecular formula is C64H38N6S. The van der Waals surface area contributed by atoms with E-state index in [1.54, 1.807) is 0 Å². The Morgan fingerprint density at radius 3 is 1.34 bits per heavy atom. The number of hydrogen-bond acceptors (Lipinski definition) is 4. The molecule has 1 aliphatic heterocycles. The Labute approximate surface area is 411 Å². The minimum Gasteiger partial charge on any atom is -0.309 e. The largest absolute Gasteiger partial charge is 0.309 e. The van der Waals surface area contributed by atoms with Gasteiger partial charge in [0.1, 0.15) is 5.82 Å². The maximum Gasteiger partial charge on any atom is 0.137 e. The summed E-state index contributed by atoms with van der Waals surface area (Å²) in [6.45, 7) is 0. The molecule has 0 saturated carbocycles. The molecule has 330 valence electrons. The van der Waals surface area contributed by atoms with Crippen LogP contribution in [0.1, 0.15) is 22.3 Å². The molecule has 0 bridgehead atoms. The van der Waals surface area contributed by atoms with Crippen molar-refractivity contribution in [1.29, 1.82) is 0 Å². The van der Waals surface area contributed by atoms with E-state index in [-0.39, 0.29) is 0 Å². The van der Waals surface area contributed by atoms with E-state index in [9.17, 15) is 0 Å². The zero-order chi connectivity index (χ0) is 46.4. The van der Waals surface area contributed by atoms with Crippen LogP contribution in [0.25, 0.3) is 105 Å². The summed E-state index contributed by atoms with van der Waals surface area (Å²) in [6, 6.07) is 77.6. The van der Waals surface area contributed by atoms with Crippen LogP contribution in [0.3, 0.4) is 0 Å². The first kappa shape index (κ1) is 38.9. The average molecular weight is 923 g/mol. The first-order chi connectivity index (χ1) is 35.2. The smallest absolute Gasteiger partial charge is 0.137 e. The highest BCUT2D eigenvalue weighted by Gasteiger charge is 2.52. The van der Waals surface area contributed by atoms with Gasteiger partial charge in [0.25, 0.3) is 0 Å². The molecule has 16 rings (SSSR count). The lowest BCUT2D eigenvalue weighted by molar-refractivity contribution is 0.718. The number of hydrogen-bond donors (Lipinski definition) is 0. The number of rotatable bonds is 4. The molecule has 0 N–H and O–H groups in total. The summed E-state index contributed by atoms with van der Waals surface area (Å²) in [5, 5.41) is 7.33. The summed E-state index contributed by atoms with van der Waals surface area (Å²) in [5.41, 5.74) is 17.4. The van der Waals surface area contributed by atoms with E-state index in [1.807, 2.05) is 30.4 Å². The fraction of sp³-hybridized carbons (Fsp3) is 0.0156. The number of para-hydroxylation sites is 5. The molecule has 0 saturated heterocycles. The maximum absolute atomic E-state index is 5.20. The van der Waals surface area contributed by atoms with Gasteiger partial charge in [-0.1, -0.05) is 127 Å². The predicted molar refractivity (Wildman–Crippen MR) is 290 cm³/mol. The van der Waals surface area contributed by atoms with Crippen molar-refractivity contribution >= 4 is 77.2 Å². The van der Waals surface area contributed by atoms with E-state index < -0.39 is 5.41 Å². The lowest BCUT2D eigenvalue weighted by Gasteiger charge is -2.39. The quantitative estimate of drug-likeness (QED) is 0.176. The first-order valence-electron chi connectivity index (χ1n) is 24.1. The molecule has 7 heteroatoms. The molecule has 14 aromatic rings. The molecule has 1 aliphatic carbocycles. The van der Waals surface area contributed by atoms with Crippen LogP contribution < -0.4 is 0 Å². The number of benzene rings is 8. The van der Waals surface area contributed by atoms with Crippen molar-refractivity contribution in [3.63, 3.8) is 0 Å². The number of pyridine rings is 3. The third-order valence-corrected chi connectivity index (χ3v) is 16.4. The molecule has 0 radical (unpaired) electrons. The van der Waals surface area contributed by atoms with Crippen molar-refractivity contribution in [2.24, 2.45) is 0 Å². The first-order valence-corrected chi connectivity index (χ1v) is 24.9. The van der Waals surface area contributed by atoms with Crippen molar-refractivity contribution in [3.05, 3.63) is 253 Å². The summed E-state index contributed by atoms with van der Waals surface area (Å²) in [6.07, 6.45) is 5.82. The number of fused-ring (bicyclic) bond motifs is 18. The minimum atomic E-state index is -0.676. The van der Waals surface area contributed by atoms with Gasteiger partial charge in [0.05, 0.1) is 61.8 Å². The second kappa shape index (κ2) is 14.5. The van der Waals surface area contributed by atoms with Gasteiger partial charge in [-0.15, -0.1) is 0 Å². The Morgan fingerprint density at radius 2 is 0.775 bits per heavy atom. The van der Waals surface area contributed by atoms with Crippen LogP contribution >= 0.6 is 11.8 Å². The fourth-order valence-electron chi connectivity index (χ4n) is 12.4. The van der Waals surface area contributed by atoms with E-state index in [0.29, 0.717) is 0 Å². The van der Waals surface area contributed by atoms with Crippen LogP contribution in [0.5, 0.6) is 0 Å². The van der Waals surface area contributed by atoms with Crippen molar-refractivity contribution in [1.82, 2.24) is 28.7 Å². The van der Waals surface area contributed by atoms with Crippen LogP contribution in [-0.4, -0.2) is 28.7 Å². The Morgan fingerprint density at radius 1 is 0.324 bits per heavy atom. The van der Waals surface area contributed by atoms with E-state index in [0.717, 1.165) is 61.9 Å². The number of aromatic nitrogens is 6. The molecular weight excluding hydrogens is 885 g/mol. The second-order valence-corrected chi connectivity index (χ2v) is 19.8. The molecule has 0 fully saturated rings. The van der Waals surface area contributed by atoms with Gasteiger partial charge in [0, 0.05) is 60.2 Å². The lowest BCUT2D eigenvalue weighted by atomic mass is 9.67. The van der Waals surface area contributed by atoms with Crippen LogP contribution in [0.4, 0.5) is 0 Å². The topological polar surface area (TPSA) is 53.5 Å². The highest BCUT2D eigenvalue weighted by atomic mass is 32.2. The van der Waals surface area contributed by atoms with Crippen LogP contribution in [0, 0.1) is 0 Å². The maximum atomic E-state index is 5.20. The average Bonchev–Trinajstić information content (AvgIpc) is 4.15. The van der Waals surface area contributed by atoms with Gasteiger partial charge in [0.2, 0.25) is 0 Å². The molecule has 2 aliphatic rings. The zero-order valence-corrected chi connectivity index (χ0v) is 38.8. The van der Waals surface area contributed by atoms with Gasteiger partial charge in [-0.05, 0) is 130 Å². The fourth-order valence-corrected chi connectivity index (χ4v) is 13.5. The van der Waals surface area contributed by atoms with Gasteiger partial charge in [0.15, 0.2) is 0 Å². The summed E-state index contributed by atoms with van der Waals surface area (Å²) in [4.78, 5) is 17.8. The van der Waals surface area contributed by atoms with Crippen LogP contribution in [0.2, 0.25) is 0 Å². The highest BCUT2D eigenvalue weighted by Crippen LogP contribution is 2.62. The van der Waals surface area contributed by atoms with Gasteiger partial charge in [-0.25, -0.2) is 4.98 Å². The molecule has 7 heterocycles. The van der Waals surface area contributed by atoms with Crippen molar-refractivity contribution in [3.8, 4) is 39.7 Å². The standard InChI is InChI=1S/C64H38N6S/c1-6-20-53-43(13-1)44-14-2-7-21-54(44)68(53)41-27-31-60-52(37-41)64(49-18-11-33-65-62(49)63-50(64)19-12-34-66-63)51-36-40(26-30-59(51)71-60)39-25-29-58-48(35-39)47-17-5-10-24-57(47)70(58)61-32-28-42(38-67-61)69-55-22-8-3-15-45(55)46-16-4-9-23-56(46)69/h1-38H. The van der Waals surface area contributed by atoms with E-state index in [4.69, 9.17) is 15.0 Å². The molecule has 1 spiro atoms. The third-order valence-electron chi connectivity index (χ3n) is 15.3. The van der Waals surface area contributed by atoms with Gasteiger partial charge in [-0.2, -0.15) is 0 Å². The predicted octanol–water partition coefficient (Wildman–Crippen LogP) is 15.7. The minimum absolute atomic E-state index is 0.676. The SMILES string of the molecule is c1cnc2c(c1)C1(c3cc(-c4ccc5c(c4)c4ccccc4n5-c4ccc(-n5c6ccccc6c6ccccc65)cn4)ccc3Sc3ccc(-n4c5ccccc5c5ccccc54)cc31)c1cccnc1-2. The summed E-state index contributed by atoms with van der Waals surface area (Å²) < 4.78 is 7.06. The second-order valence-electron chi connectivity index (χ2n) is 18.7. The Hall–Kier alpha value is -9.04. The monoisotopic (exact) mass is 922 g/mol. The van der Waals surface area contributed by atoms with E-state index >= 15 is 0 Å². The molecule has 0 atom stereocenters.